The van der Waals surface area contributed by atoms with Crippen LogP contribution in [0.2, 0.25) is 0 Å². The Morgan fingerprint density at radius 1 is 0.969 bits per heavy atom. The lowest BCUT2D eigenvalue weighted by atomic mass is 10.0. The Bertz CT molecular complexity index is 1390. The molecule has 7 nitrogen and oxygen atoms in total. The number of non-ortho nitro benzene ring substituents is 1. The number of carbonyl (C=O) groups excluding carboxylic acids is 1. The molecule has 1 fully saturated rings. The van der Waals surface area contributed by atoms with Gasteiger partial charge in [0.05, 0.1) is 28.2 Å². The lowest BCUT2D eigenvalue weighted by molar-refractivity contribution is -0.384. The number of aromatic nitrogens is 1. The summed E-state index contributed by atoms with van der Waals surface area (Å²) in [4.78, 5) is 29.6. The number of carbonyl (C=O) groups is 1. The first-order valence-electron chi connectivity index (χ1n) is 9.86. The number of nitrogens with one attached hydrogen (secondary N) is 1. The molecule has 1 aromatic heterocycles. The molecule has 0 atom stereocenters. The Morgan fingerprint density at radius 3 is 2.16 bits per heavy atom. The number of thiocarbonyl (C=S) groups is 1. The van der Waals surface area contributed by atoms with E-state index >= 15 is 0 Å². The maximum atomic E-state index is 12.7. The molecule has 2 heterocycles. The molecule has 0 aliphatic carbocycles. The number of para-hydroxylation sites is 2. The first kappa shape index (κ1) is 19.8. The van der Waals surface area contributed by atoms with E-state index in [2.05, 4.69) is 5.32 Å². The van der Waals surface area contributed by atoms with Crippen LogP contribution in [0.5, 0.6) is 0 Å². The van der Waals surface area contributed by atoms with Crippen molar-refractivity contribution in [1.82, 2.24) is 15.2 Å². The van der Waals surface area contributed by atoms with Crippen molar-refractivity contribution in [3.05, 3.63) is 99.7 Å². The highest BCUT2D eigenvalue weighted by Gasteiger charge is 2.30. The van der Waals surface area contributed by atoms with E-state index in [0.29, 0.717) is 10.7 Å². The van der Waals surface area contributed by atoms with Crippen molar-refractivity contribution in [2.75, 3.05) is 0 Å². The van der Waals surface area contributed by atoms with Crippen LogP contribution >= 0.6 is 12.2 Å². The summed E-state index contributed by atoms with van der Waals surface area (Å²) in [5.74, 6) is 0. The predicted molar refractivity (Wildman–Crippen MR) is 127 cm³/mol. The summed E-state index contributed by atoms with van der Waals surface area (Å²) in [6, 6.07) is 21.4. The molecule has 1 aliphatic heterocycles. The second-order valence-electron chi connectivity index (χ2n) is 7.36. The molecular weight excluding hydrogens is 424 g/mol. The van der Waals surface area contributed by atoms with Crippen LogP contribution in [0.1, 0.15) is 11.1 Å². The monoisotopic (exact) mass is 440 g/mol. The quantitative estimate of drug-likeness (QED) is 0.155. The van der Waals surface area contributed by atoms with Gasteiger partial charge in [-0.05, 0) is 29.3 Å². The number of nitrogens with zero attached hydrogens (tertiary/aromatic N) is 3. The highest BCUT2D eigenvalue weighted by Crippen LogP contribution is 2.29. The number of fused-ring (bicyclic) bond motifs is 2. The van der Waals surface area contributed by atoms with Crippen LogP contribution < -0.4 is 5.32 Å². The van der Waals surface area contributed by atoms with Gasteiger partial charge in [-0.1, -0.05) is 60.7 Å². The molecule has 32 heavy (non-hydrogen) atoms. The van der Waals surface area contributed by atoms with E-state index in [1.165, 1.54) is 17.0 Å². The summed E-state index contributed by atoms with van der Waals surface area (Å²) in [7, 11) is 0. The van der Waals surface area contributed by atoms with Gasteiger partial charge >= 0.3 is 6.03 Å². The van der Waals surface area contributed by atoms with E-state index in [4.69, 9.17) is 17.2 Å². The van der Waals surface area contributed by atoms with Gasteiger partial charge in [-0.3, -0.25) is 15.0 Å². The minimum Gasteiger partial charge on any atom is -0.305 e. The van der Waals surface area contributed by atoms with Crippen molar-refractivity contribution in [1.29, 1.82) is 0 Å². The lowest BCUT2D eigenvalue weighted by Crippen LogP contribution is -2.29. The Kier molecular flexibility index (Phi) is 4.84. The number of amides is 2. The molecule has 0 saturated carbocycles. The van der Waals surface area contributed by atoms with Crippen molar-refractivity contribution in [2.45, 2.75) is 6.54 Å². The first-order valence-corrected chi connectivity index (χ1v) is 10.3. The van der Waals surface area contributed by atoms with Crippen LogP contribution in [0.3, 0.4) is 0 Å². The summed E-state index contributed by atoms with van der Waals surface area (Å²) < 4.78 is 0. The van der Waals surface area contributed by atoms with Crippen molar-refractivity contribution in [3.63, 3.8) is 0 Å². The molecule has 1 aliphatic rings. The molecule has 156 valence electrons. The number of hydrogen-bond acceptors (Lipinski definition) is 5. The van der Waals surface area contributed by atoms with Crippen LogP contribution in [0.4, 0.5) is 10.5 Å². The fraction of sp³-hybridized carbons (Fsp3) is 0.0417. The minimum absolute atomic E-state index is 0.000715. The van der Waals surface area contributed by atoms with Gasteiger partial charge in [-0.25, -0.2) is 9.78 Å². The van der Waals surface area contributed by atoms with E-state index in [-0.39, 0.29) is 18.3 Å². The summed E-state index contributed by atoms with van der Waals surface area (Å²) in [6.07, 6.45) is 1.89. The van der Waals surface area contributed by atoms with Crippen LogP contribution in [0.25, 0.3) is 27.9 Å². The van der Waals surface area contributed by atoms with E-state index in [9.17, 15) is 14.9 Å². The largest absolute Gasteiger partial charge is 0.327 e. The van der Waals surface area contributed by atoms with Crippen LogP contribution in [-0.4, -0.2) is 25.8 Å². The molecule has 0 radical (unpaired) electrons. The smallest absolute Gasteiger partial charge is 0.305 e. The second-order valence-corrected chi connectivity index (χ2v) is 7.75. The van der Waals surface area contributed by atoms with Gasteiger partial charge in [0.2, 0.25) is 0 Å². The van der Waals surface area contributed by atoms with Crippen LogP contribution in [-0.2, 0) is 6.54 Å². The molecule has 3 aromatic carbocycles. The Labute approximate surface area is 188 Å². The molecule has 1 saturated heterocycles. The zero-order valence-corrected chi connectivity index (χ0v) is 17.5. The zero-order chi connectivity index (χ0) is 22.2. The van der Waals surface area contributed by atoms with Crippen molar-refractivity contribution in [3.8, 4) is 0 Å². The van der Waals surface area contributed by atoms with Gasteiger partial charge in [0.1, 0.15) is 4.99 Å². The molecule has 5 rings (SSSR count). The van der Waals surface area contributed by atoms with E-state index in [1.54, 1.807) is 12.1 Å². The van der Waals surface area contributed by atoms with Gasteiger partial charge in [0.25, 0.3) is 5.69 Å². The molecule has 4 aromatic rings. The molecule has 8 heteroatoms. The third kappa shape index (κ3) is 3.46. The highest BCUT2D eigenvalue weighted by atomic mass is 32.1. The standard InChI is InChI=1S/C24H16N4O3S/c29-24-26-22(23(32)27(24)14-15-9-11-16(12-10-15)28(30)31)13-19-17-5-1-3-7-20(17)25-21-8-4-2-6-18(19)21/h1-13H,14H2,(H,26,29). The van der Waals surface area contributed by atoms with Crippen molar-refractivity contribution in [2.24, 2.45) is 0 Å². The Balaban J connectivity index is 1.52. The number of hydrogen-bond donors (Lipinski definition) is 1. The number of urea groups is 1. The summed E-state index contributed by atoms with van der Waals surface area (Å²) in [6.45, 7) is 0.220. The minimum atomic E-state index is -0.457. The number of pyridine rings is 1. The molecule has 0 unspecified atom stereocenters. The van der Waals surface area contributed by atoms with Gasteiger partial charge in [-0.15, -0.1) is 0 Å². The first-order chi connectivity index (χ1) is 15.5. The van der Waals surface area contributed by atoms with E-state index in [0.717, 1.165) is 32.9 Å². The summed E-state index contributed by atoms with van der Waals surface area (Å²) in [5, 5.41) is 15.6. The SMILES string of the molecule is O=C1NC(=Cc2c3ccccc3nc3ccccc23)C(=S)N1Cc1ccc([N+](=O)[O-])cc1. The normalized spacial score (nSPS) is 15.0. The Hall–Kier alpha value is -4.17. The molecule has 0 spiro atoms. The number of nitro groups is 1. The second kappa shape index (κ2) is 7.82. The predicted octanol–water partition coefficient (Wildman–Crippen LogP) is 5.19. The Morgan fingerprint density at radius 2 is 1.56 bits per heavy atom. The van der Waals surface area contributed by atoms with Crippen molar-refractivity contribution < 1.29 is 9.72 Å². The fourth-order valence-corrected chi connectivity index (χ4v) is 4.05. The average molecular weight is 440 g/mol. The lowest BCUT2D eigenvalue weighted by Gasteiger charge is -2.14. The van der Waals surface area contributed by atoms with Gasteiger partial charge in [0.15, 0.2) is 0 Å². The van der Waals surface area contributed by atoms with Gasteiger partial charge in [-0.2, -0.15) is 0 Å². The fourth-order valence-electron chi connectivity index (χ4n) is 3.79. The number of nitro benzene ring substituents is 1. The average Bonchev–Trinajstić information content (AvgIpc) is 3.06. The molecule has 2 amide bonds. The van der Waals surface area contributed by atoms with Crippen molar-refractivity contribution >= 4 is 56.8 Å². The third-order valence-corrected chi connectivity index (χ3v) is 5.81. The maximum Gasteiger partial charge on any atom is 0.327 e. The van der Waals surface area contributed by atoms with E-state index in [1.807, 2.05) is 54.6 Å². The van der Waals surface area contributed by atoms with E-state index < -0.39 is 4.92 Å². The van der Waals surface area contributed by atoms with Crippen LogP contribution in [0.15, 0.2) is 78.5 Å². The zero-order valence-electron chi connectivity index (χ0n) is 16.7. The number of rotatable bonds is 4. The number of benzene rings is 3. The molecule has 1 N–H and O–H groups in total. The molecular formula is C24H16N4O3S. The third-order valence-electron chi connectivity index (χ3n) is 5.37. The summed E-state index contributed by atoms with van der Waals surface area (Å²) >= 11 is 5.60. The highest BCUT2D eigenvalue weighted by molar-refractivity contribution is 7.80. The van der Waals surface area contributed by atoms with Crippen LogP contribution in [0, 0.1) is 10.1 Å². The topological polar surface area (TPSA) is 88.4 Å². The van der Waals surface area contributed by atoms with Gasteiger partial charge in [0, 0.05) is 22.9 Å². The maximum absolute atomic E-state index is 12.7. The summed E-state index contributed by atoms with van der Waals surface area (Å²) in [5.41, 5.74) is 3.93. The van der Waals surface area contributed by atoms with Gasteiger partial charge < -0.3 is 5.32 Å². The molecule has 0 bridgehead atoms.